The van der Waals surface area contributed by atoms with E-state index in [-0.39, 0.29) is 5.28 Å². The summed E-state index contributed by atoms with van der Waals surface area (Å²) in [6.45, 7) is 4.18. The molecule has 4 rings (SSSR count). The van der Waals surface area contributed by atoms with Gasteiger partial charge in [0, 0.05) is 23.0 Å². The Morgan fingerprint density at radius 3 is 2.38 bits per heavy atom. The van der Waals surface area contributed by atoms with Crippen molar-refractivity contribution in [3.05, 3.63) is 75.6 Å². The molecule has 1 aromatic carbocycles. The molecule has 0 radical (unpaired) electrons. The molecule has 130 valence electrons. The Labute approximate surface area is 160 Å². The summed E-state index contributed by atoms with van der Waals surface area (Å²) in [4.78, 5) is 15.0. The van der Waals surface area contributed by atoms with Gasteiger partial charge in [0.1, 0.15) is 10.6 Å². The van der Waals surface area contributed by atoms with Crippen LogP contribution in [0.2, 0.25) is 5.28 Å². The molecule has 6 heteroatoms. The van der Waals surface area contributed by atoms with Crippen LogP contribution in [0.4, 0.5) is 11.5 Å². The van der Waals surface area contributed by atoms with Crippen LogP contribution in [-0.2, 0) is 6.42 Å². The van der Waals surface area contributed by atoms with E-state index in [0.29, 0.717) is 0 Å². The highest BCUT2D eigenvalue weighted by Crippen LogP contribution is 2.35. The van der Waals surface area contributed by atoms with E-state index in [2.05, 4.69) is 58.4 Å². The Balaban J connectivity index is 1.61. The van der Waals surface area contributed by atoms with E-state index in [1.807, 2.05) is 24.5 Å². The van der Waals surface area contributed by atoms with Gasteiger partial charge in [0.25, 0.3) is 0 Å². The molecule has 0 atom stereocenters. The maximum atomic E-state index is 6.11. The van der Waals surface area contributed by atoms with Gasteiger partial charge in [-0.15, -0.1) is 11.3 Å². The number of thiophene rings is 1. The molecule has 4 aromatic rings. The monoisotopic (exact) mass is 380 g/mol. The molecule has 0 aliphatic heterocycles. The summed E-state index contributed by atoms with van der Waals surface area (Å²) in [6, 6.07) is 12.4. The minimum absolute atomic E-state index is 0.260. The first-order valence-corrected chi connectivity index (χ1v) is 9.48. The van der Waals surface area contributed by atoms with E-state index in [9.17, 15) is 0 Å². The second-order valence-corrected chi connectivity index (χ2v) is 7.70. The van der Waals surface area contributed by atoms with Gasteiger partial charge in [0.05, 0.1) is 5.39 Å². The predicted molar refractivity (Wildman–Crippen MR) is 109 cm³/mol. The topological polar surface area (TPSA) is 50.7 Å². The summed E-state index contributed by atoms with van der Waals surface area (Å²) in [7, 11) is 0. The smallest absolute Gasteiger partial charge is 0.225 e. The molecule has 0 saturated carbocycles. The van der Waals surface area contributed by atoms with E-state index in [0.717, 1.165) is 28.1 Å². The summed E-state index contributed by atoms with van der Waals surface area (Å²) in [5, 5.41) is 4.69. The fourth-order valence-electron chi connectivity index (χ4n) is 2.89. The van der Waals surface area contributed by atoms with Crippen LogP contribution in [0.25, 0.3) is 10.2 Å². The number of rotatable bonds is 4. The van der Waals surface area contributed by atoms with Gasteiger partial charge in [-0.25, -0.2) is 4.98 Å². The van der Waals surface area contributed by atoms with Crippen molar-refractivity contribution in [2.75, 3.05) is 5.32 Å². The maximum absolute atomic E-state index is 6.11. The Hall–Kier alpha value is -2.50. The van der Waals surface area contributed by atoms with Crippen molar-refractivity contribution in [2.24, 2.45) is 0 Å². The number of benzene rings is 1. The standard InChI is InChI=1S/C20H17ClN4S/c1-12-13(2)26-19-17(12)18(24-20(21)25-19)23-16-5-3-14(4-6-16)11-15-7-9-22-10-8-15/h3-10H,11H2,1-2H3,(H,23,24,25). The first kappa shape index (κ1) is 16.9. The number of fused-ring (bicyclic) bond motifs is 1. The molecular weight excluding hydrogens is 364 g/mol. The molecule has 0 spiro atoms. The van der Waals surface area contributed by atoms with Crippen molar-refractivity contribution in [1.82, 2.24) is 15.0 Å². The SMILES string of the molecule is Cc1sc2nc(Cl)nc(Nc3ccc(Cc4ccncc4)cc3)c2c1C. The van der Waals surface area contributed by atoms with Crippen LogP contribution in [0.1, 0.15) is 21.6 Å². The lowest BCUT2D eigenvalue weighted by atomic mass is 10.1. The van der Waals surface area contributed by atoms with Crippen molar-refractivity contribution in [3.63, 3.8) is 0 Å². The zero-order valence-electron chi connectivity index (χ0n) is 14.5. The highest BCUT2D eigenvalue weighted by Gasteiger charge is 2.14. The van der Waals surface area contributed by atoms with Gasteiger partial charge >= 0.3 is 0 Å². The van der Waals surface area contributed by atoms with Crippen LogP contribution in [-0.4, -0.2) is 15.0 Å². The highest BCUT2D eigenvalue weighted by molar-refractivity contribution is 7.18. The van der Waals surface area contributed by atoms with Gasteiger partial charge in [0.15, 0.2) is 0 Å². The lowest BCUT2D eigenvalue weighted by Crippen LogP contribution is -1.97. The van der Waals surface area contributed by atoms with Gasteiger partial charge < -0.3 is 5.32 Å². The number of aryl methyl sites for hydroxylation is 2. The van der Waals surface area contributed by atoms with Crippen LogP contribution in [0.3, 0.4) is 0 Å². The maximum Gasteiger partial charge on any atom is 0.225 e. The molecule has 1 N–H and O–H groups in total. The zero-order valence-corrected chi connectivity index (χ0v) is 16.0. The third-order valence-corrected chi connectivity index (χ3v) is 5.65. The van der Waals surface area contributed by atoms with Gasteiger partial charge in [-0.1, -0.05) is 12.1 Å². The molecule has 26 heavy (non-hydrogen) atoms. The van der Waals surface area contributed by atoms with E-state index < -0.39 is 0 Å². The molecule has 0 aliphatic rings. The Morgan fingerprint density at radius 1 is 0.962 bits per heavy atom. The van der Waals surface area contributed by atoms with Crippen LogP contribution in [0, 0.1) is 13.8 Å². The number of aromatic nitrogens is 3. The Kier molecular flexibility index (Phi) is 4.57. The molecule has 0 amide bonds. The lowest BCUT2D eigenvalue weighted by molar-refractivity contribution is 1.16. The lowest BCUT2D eigenvalue weighted by Gasteiger charge is -2.09. The van der Waals surface area contributed by atoms with Crippen molar-refractivity contribution in [3.8, 4) is 0 Å². The second kappa shape index (κ2) is 7.02. The van der Waals surface area contributed by atoms with Gasteiger partial charge in [-0.2, -0.15) is 4.98 Å². The van der Waals surface area contributed by atoms with E-state index >= 15 is 0 Å². The van der Waals surface area contributed by atoms with Crippen LogP contribution in [0.15, 0.2) is 48.8 Å². The Bertz CT molecular complexity index is 1060. The molecule has 0 aliphatic carbocycles. The van der Waals surface area contributed by atoms with Crippen molar-refractivity contribution in [1.29, 1.82) is 0 Å². The zero-order chi connectivity index (χ0) is 18.1. The summed E-state index contributed by atoms with van der Waals surface area (Å²) >= 11 is 7.75. The van der Waals surface area contributed by atoms with Crippen LogP contribution in [0.5, 0.6) is 0 Å². The van der Waals surface area contributed by atoms with Crippen molar-refractivity contribution < 1.29 is 0 Å². The highest BCUT2D eigenvalue weighted by atomic mass is 35.5. The molecule has 0 unspecified atom stereocenters. The largest absolute Gasteiger partial charge is 0.340 e. The first-order chi connectivity index (χ1) is 12.6. The second-order valence-electron chi connectivity index (χ2n) is 6.16. The number of nitrogens with one attached hydrogen (secondary N) is 1. The van der Waals surface area contributed by atoms with Crippen LogP contribution >= 0.6 is 22.9 Å². The molecule has 4 nitrogen and oxygen atoms in total. The molecule has 3 aromatic heterocycles. The van der Waals surface area contributed by atoms with Gasteiger partial charge in [-0.05, 0) is 72.8 Å². The fraction of sp³-hybridized carbons (Fsp3) is 0.150. The third kappa shape index (κ3) is 3.41. The summed E-state index contributed by atoms with van der Waals surface area (Å²) in [5.41, 5.74) is 4.66. The minimum atomic E-state index is 0.260. The third-order valence-electron chi connectivity index (χ3n) is 4.38. The Morgan fingerprint density at radius 2 is 1.65 bits per heavy atom. The summed E-state index contributed by atoms with van der Waals surface area (Å²) < 4.78 is 0. The summed E-state index contributed by atoms with van der Waals surface area (Å²) in [6.07, 6.45) is 4.52. The molecule has 0 fully saturated rings. The number of hydrogen-bond acceptors (Lipinski definition) is 5. The average molecular weight is 381 g/mol. The van der Waals surface area contributed by atoms with Gasteiger partial charge in [-0.3, -0.25) is 4.98 Å². The average Bonchev–Trinajstić information content (AvgIpc) is 2.91. The number of nitrogens with zero attached hydrogens (tertiary/aromatic N) is 3. The van der Waals surface area contributed by atoms with Crippen LogP contribution < -0.4 is 5.32 Å². The number of halogens is 1. The normalized spacial score (nSPS) is 11.0. The first-order valence-electron chi connectivity index (χ1n) is 8.28. The number of hydrogen-bond donors (Lipinski definition) is 1. The van der Waals surface area contributed by atoms with E-state index in [1.165, 1.54) is 21.6 Å². The number of pyridine rings is 1. The van der Waals surface area contributed by atoms with Crippen molar-refractivity contribution >= 4 is 44.7 Å². The molecule has 0 saturated heterocycles. The molecule has 0 bridgehead atoms. The van der Waals surface area contributed by atoms with E-state index in [1.54, 1.807) is 11.3 Å². The molecular formula is C20H17ClN4S. The van der Waals surface area contributed by atoms with E-state index in [4.69, 9.17) is 11.6 Å². The quantitative estimate of drug-likeness (QED) is 0.462. The minimum Gasteiger partial charge on any atom is -0.340 e. The van der Waals surface area contributed by atoms with Gasteiger partial charge in [0.2, 0.25) is 5.28 Å². The fourth-order valence-corrected chi connectivity index (χ4v) is 4.14. The number of anilines is 2. The predicted octanol–water partition coefficient (Wildman–Crippen LogP) is 5.69. The summed E-state index contributed by atoms with van der Waals surface area (Å²) in [5.74, 6) is 0.753. The molecule has 3 heterocycles. The van der Waals surface area contributed by atoms with Crippen molar-refractivity contribution in [2.45, 2.75) is 20.3 Å².